The number of nitrogens with zero attached hydrogens (tertiary/aromatic N) is 6. The standard InChI is InChI=1S/C21H16ClN7O/c22-15-8-6-14(7-9-15)19-27-18(30-28-19)10-11-23-20-17-12-26-29(21(17)25-13-24-20)16-4-2-1-3-5-16/h1-9,12-13H,10-11H2,(H,23,24,25). The molecule has 30 heavy (non-hydrogen) atoms. The van der Waals surface area contributed by atoms with E-state index in [1.807, 2.05) is 42.5 Å². The molecule has 0 saturated heterocycles. The molecule has 0 spiro atoms. The van der Waals surface area contributed by atoms with E-state index >= 15 is 0 Å². The molecule has 0 aliphatic heterocycles. The molecule has 0 amide bonds. The van der Waals surface area contributed by atoms with E-state index in [2.05, 4.69) is 30.5 Å². The Bertz CT molecular complexity index is 1280. The third-order valence-electron chi connectivity index (χ3n) is 4.57. The van der Waals surface area contributed by atoms with Crippen molar-refractivity contribution in [2.24, 2.45) is 0 Å². The molecule has 0 fully saturated rings. The van der Waals surface area contributed by atoms with Gasteiger partial charge in [-0.15, -0.1) is 0 Å². The van der Waals surface area contributed by atoms with Crippen LogP contribution in [0.5, 0.6) is 0 Å². The van der Waals surface area contributed by atoms with Gasteiger partial charge >= 0.3 is 0 Å². The number of para-hydroxylation sites is 1. The van der Waals surface area contributed by atoms with Gasteiger partial charge in [-0.05, 0) is 36.4 Å². The highest BCUT2D eigenvalue weighted by Crippen LogP contribution is 2.22. The quantitative estimate of drug-likeness (QED) is 0.443. The zero-order valence-electron chi connectivity index (χ0n) is 15.7. The van der Waals surface area contributed by atoms with Crippen LogP contribution in [0.1, 0.15) is 5.89 Å². The smallest absolute Gasteiger partial charge is 0.228 e. The molecular formula is C21H16ClN7O. The number of halogens is 1. The Labute approximate surface area is 176 Å². The van der Waals surface area contributed by atoms with E-state index in [4.69, 9.17) is 16.1 Å². The van der Waals surface area contributed by atoms with Crippen LogP contribution in [0.2, 0.25) is 5.02 Å². The molecule has 0 bridgehead atoms. The number of aromatic nitrogens is 6. The van der Waals surface area contributed by atoms with E-state index < -0.39 is 0 Å². The van der Waals surface area contributed by atoms with Crippen molar-refractivity contribution in [2.45, 2.75) is 6.42 Å². The molecule has 3 heterocycles. The lowest BCUT2D eigenvalue weighted by molar-refractivity contribution is 0.381. The molecule has 5 aromatic rings. The van der Waals surface area contributed by atoms with Gasteiger partial charge in [0.1, 0.15) is 12.1 Å². The summed E-state index contributed by atoms with van der Waals surface area (Å²) >= 11 is 5.92. The first-order valence-electron chi connectivity index (χ1n) is 9.34. The average Bonchev–Trinajstić information content (AvgIpc) is 3.43. The first kappa shape index (κ1) is 18.3. The summed E-state index contributed by atoms with van der Waals surface area (Å²) in [5.74, 6) is 1.78. The number of anilines is 1. The minimum Gasteiger partial charge on any atom is -0.369 e. The number of hydrogen-bond donors (Lipinski definition) is 1. The molecule has 0 unspecified atom stereocenters. The van der Waals surface area contributed by atoms with Gasteiger partial charge in [0.15, 0.2) is 5.65 Å². The summed E-state index contributed by atoms with van der Waals surface area (Å²) in [7, 11) is 0. The van der Waals surface area contributed by atoms with E-state index in [1.54, 1.807) is 23.0 Å². The van der Waals surface area contributed by atoms with Crippen molar-refractivity contribution in [3.05, 3.63) is 78.0 Å². The molecule has 3 aromatic heterocycles. The predicted octanol–water partition coefficient (Wildman–Crippen LogP) is 4.17. The zero-order valence-corrected chi connectivity index (χ0v) is 16.5. The van der Waals surface area contributed by atoms with Crippen molar-refractivity contribution in [2.75, 3.05) is 11.9 Å². The Morgan fingerprint density at radius 1 is 1.00 bits per heavy atom. The monoisotopic (exact) mass is 417 g/mol. The van der Waals surface area contributed by atoms with Gasteiger partial charge in [0, 0.05) is 23.6 Å². The highest BCUT2D eigenvalue weighted by molar-refractivity contribution is 6.30. The van der Waals surface area contributed by atoms with Gasteiger partial charge < -0.3 is 9.84 Å². The Morgan fingerprint density at radius 3 is 2.67 bits per heavy atom. The van der Waals surface area contributed by atoms with Gasteiger partial charge in [-0.3, -0.25) is 0 Å². The Hall–Kier alpha value is -3.78. The lowest BCUT2D eigenvalue weighted by Crippen LogP contribution is -2.07. The summed E-state index contributed by atoms with van der Waals surface area (Å²) in [6, 6.07) is 17.2. The van der Waals surface area contributed by atoms with Crippen molar-refractivity contribution in [1.82, 2.24) is 29.9 Å². The third-order valence-corrected chi connectivity index (χ3v) is 4.82. The lowest BCUT2D eigenvalue weighted by atomic mass is 10.2. The fraction of sp³-hybridized carbons (Fsp3) is 0.0952. The fourth-order valence-electron chi connectivity index (χ4n) is 3.10. The largest absolute Gasteiger partial charge is 0.369 e. The molecule has 0 aliphatic rings. The van der Waals surface area contributed by atoms with Crippen LogP contribution in [-0.2, 0) is 6.42 Å². The second-order valence-electron chi connectivity index (χ2n) is 6.55. The SMILES string of the molecule is Clc1ccc(-c2noc(CCNc3ncnc4c3cnn4-c3ccccc3)n2)cc1. The normalized spacial score (nSPS) is 11.1. The van der Waals surface area contributed by atoms with Gasteiger partial charge in [-0.25, -0.2) is 14.6 Å². The van der Waals surface area contributed by atoms with Gasteiger partial charge in [-0.2, -0.15) is 10.1 Å². The van der Waals surface area contributed by atoms with E-state index in [0.29, 0.717) is 35.5 Å². The maximum absolute atomic E-state index is 5.92. The van der Waals surface area contributed by atoms with Crippen LogP contribution >= 0.6 is 11.6 Å². The van der Waals surface area contributed by atoms with Gasteiger partial charge in [0.2, 0.25) is 11.7 Å². The Morgan fingerprint density at radius 2 is 1.83 bits per heavy atom. The maximum Gasteiger partial charge on any atom is 0.228 e. The Balaban J connectivity index is 1.29. The minimum atomic E-state index is 0.537. The minimum absolute atomic E-state index is 0.537. The molecule has 9 heteroatoms. The van der Waals surface area contributed by atoms with Crippen LogP contribution in [0.15, 0.2) is 71.6 Å². The van der Waals surface area contributed by atoms with Gasteiger partial charge in [-0.1, -0.05) is 35.0 Å². The first-order chi connectivity index (χ1) is 14.8. The Kier molecular flexibility index (Phi) is 4.82. The molecule has 0 radical (unpaired) electrons. The second-order valence-corrected chi connectivity index (χ2v) is 6.98. The first-order valence-corrected chi connectivity index (χ1v) is 9.72. The fourth-order valence-corrected chi connectivity index (χ4v) is 3.23. The molecule has 5 rings (SSSR count). The summed E-state index contributed by atoms with van der Waals surface area (Å²) in [4.78, 5) is 13.2. The van der Waals surface area contributed by atoms with Crippen LogP contribution in [0, 0.1) is 0 Å². The summed E-state index contributed by atoms with van der Waals surface area (Å²) in [5.41, 5.74) is 2.53. The summed E-state index contributed by atoms with van der Waals surface area (Å²) in [5, 5.41) is 13.3. The van der Waals surface area contributed by atoms with E-state index in [9.17, 15) is 0 Å². The highest BCUT2D eigenvalue weighted by Gasteiger charge is 2.12. The van der Waals surface area contributed by atoms with Crippen LogP contribution in [-0.4, -0.2) is 36.4 Å². The van der Waals surface area contributed by atoms with Crippen LogP contribution in [0.3, 0.4) is 0 Å². The maximum atomic E-state index is 5.92. The second kappa shape index (κ2) is 7.92. The van der Waals surface area contributed by atoms with Gasteiger partial charge in [0.05, 0.1) is 17.3 Å². The predicted molar refractivity (Wildman–Crippen MR) is 114 cm³/mol. The molecule has 0 atom stereocenters. The van der Waals surface area contributed by atoms with E-state index in [1.165, 1.54) is 6.33 Å². The molecule has 0 saturated carbocycles. The lowest BCUT2D eigenvalue weighted by Gasteiger charge is -2.05. The molecule has 2 aromatic carbocycles. The van der Waals surface area contributed by atoms with E-state index in [-0.39, 0.29) is 0 Å². The van der Waals surface area contributed by atoms with Crippen molar-refractivity contribution in [3.8, 4) is 17.1 Å². The highest BCUT2D eigenvalue weighted by atomic mass is 35.5. The number of fused-ring (bicyclic) bond motifs is 1. The molecule has 148 valence electrons. The summed E-state index contributed by atoms with van der Waals surface area (Å²) in [6.45, 7) is 0.574. The van der Waals surface area contributed by atoms with Crippen molar-refractivity contribution in [3.63, 3.8) is 0 Å². The van der Waals surface area contributed by atoms with E-state index in [0.717, 1.165) is 22.3 Å². The number of hydrogen-bond acceptors (Lipinski definition) is 7. The molecule has 0 aliphatic carbocycles. The molecule has 8 nitrogen and oxygen atoms in total. The van der Waals surface area contributed by atoms with Crippen LogP contribution in [0.25, 0.3) is 28.1 Å². The molecular weight excluding hydrogens is 402 g/mol. The third kappa shape index (κ3) is 3.60. The zero-order chi connectivity index (χ0) is 20.3. The number of rotatable bonds is 6. The summed E-state index contributed by atoms with van der Waals surface area (Å²) in [6.07, 6.45) is 3.84. The van der Waals surface area contributed by atoms with Crippen LogP contribution < -0.4 is 5.32 Å². The topological polar surface area (TPSA) is 94.5 Å². The summed E-state index contributed by atoms with van der Waals surface area (Å²) < 4.78 is 7.14. The van der Waals surface area contributed by atoms with Crippen LogP contribution in [0.4, 0.5) is 5.82 Å². The van der Waals surface area contributed by atoms with Crippen molar-refractivity contribution in [1.29, 1.82) is 0 Å². The number of benzene rings is 2. The van der Waals surface area contributed by atoms with Crippen molar-refractivity contribution >= 4 is 28.5 Å². The van der Waals surface area contributed by atoms with Crippen molar-refractivity contribution < 1.29 is 4.52 Å². The average molecular weight is 418 g/mol. The van der Waals surface area contributed by atoms with Gasteiger partial charge in [0.25, 0.3) is 0 Å². The number of nitrogens with one attached hydrogen (secondary N) is 1. The molecule has 1 N–H and O–H groups in total.